The number of rotatable bonds is 1. The highest BCUT2D eigenvalue weighted by Crippen LogP contribution is 2.34. The SMILES string of the molecule is O=C(O)C1Cc2cccc(C(F)(F)F)c2CN1. The van der Waals surface area contributed by atoms with Crippen LogP contribution in [0.4, 0.5) is 13.2 Å². The Hall–Kier alpha value is -1.56. The van der Waals surface area contributed by atoms with Crippen LogP contribution in [0.2, 0.25) is 0 Å². The molecule has 92 valence electrons. The van der Waals surface area contributed by atoms with Gasteiger partial charge in [0, 0.05) is 6.54 Å². The molecule has 1 heterocycles. The van der Waals surface area contributed by atoms with Crippen LogP contribution < -0.4 is 5.32 Å². The molecule has 0 saturated heterocycles. The first-order chi connectivity index (χ1) is 7.89. The first kappa shape index (κ1) is 11.9. The average molecular weight is 245 g/mol. The van der Waals surface area contributed by atoms with Gasteiger partial charge in [-0.25, -0.2) is 0 Å². The van der Waals surface area contributed by atoms with Gasteiger partial charge in [-0.1, -0.05) is 12.1 Å². The standard InChI is InChI=1S/C11H10F3NO2/c12-11(13,14)8-3-1-2-6-4-9(10(16)17)15-5-7(6)8/h1-3,9,15H,4-5H2,(H,16,17). The molecule has 1 aromatic rings. The van der Waals surface area contributed by atoms with E-state index >= 15 is 0 Å². The number of aliphatic carboxylic acids is 1. The molecule has 0 fully saturated rings. The number of nitrogens with one attached hydrogen (secondary N) is 1. The third-order valence-electron chi connectivity index (χ3n) is 2.83. The van der Waals surface area contributed by atoms with E-state index in [1.165, 1.54) is 6.07 Å². The molecule has 0 saturated carbocycles. The van der Waals surface area contributed by atoms with Crippen LogP contribution in [0.5, 0.6) is 0 Å². The number of carbonyl (C=O) groups is 1. The summed E-state index contributed by atoms with van der Waals surface area (Å²) in [7, 11) is 0. The van der Waals surface area contributed by atoms with Crippen LogP contribution in [0.3, 0.4) is 0 Å². The number of hydrogen-bond donors (Lipinski definition) is 2. The summed E-state index contributed by atoms with van der Waals surface area (Å²) >= 11 is 0. The number of alkyl halides is 3. The lowest BCUT2D eigenvalue weighted by molar-refractivity contribution is -0.139. The third kappa shape index (κ3) is 2.26. The number of halogens is 3. The van der Waals surface area contributed by atoms with Crippen molar-refractivity contribution in [2.24, 2.45) is 0 Å². The minimum atomic E-state index is -4.40. The van der Waals surface area contributed by atoms with E-state index in [2.05, 4.69) is 5.32 Å². The van der Waals surface area contributed by atoms with Crippen LogP contribution in [-0.4, -0.2) is 17.1 Å². The smallest absolute Gasteiger partial charge is 0.416 e. The number of fused-ring (bicyclic) bond motifs is 1. The van der Waals surface area contributed by atoms with E-state index in [1.54, 1.807) is 6.07 Å². The monoisotopic (exact) mass is 245 g/mol. The molecule has 3 nitrogen and oxygen atoms in total. The van der Waals surface area contributed by atoms with Gasteiger partial charge in [0.2, 0.25) is 0 Å². The molecular formula is C11H10F3NO2. The van der Waals surface area contributed by atoms with E-state index in [1.807, 2.05) is 0 Å². The zero-order valence-corrected chi connectivity index (χ0v) is 8.71. The van der Waals surface area contributed by atoms with E-state index < -0.39 is 23.8 Å². The molecule has 0 spiro atoms. The molecule has 1 aromatic carbocycles. The normalized spacial score (nSPS) is 19.8. The van der Waals surface area contributed by atoms with Crippen molar-refractivity contribution in [2.75, 3.05) is 0 Å². The Morgan fingerprint density at radius 2 is 2.12 bits per heavy atom. The first-order valence-electron chi connectivity index (χ1n) is 5.03. The molecule has 2 rings (SSSR count). The number of benzene rings is 1. The average Bonchev–Trinajstić information content (AvgIpc) is 2.26. The van der Waals surface area contributed by atoms with E-state index in [0.717, 1.165) is 6.07 Å². The van der Waals surface area contributed by atoms with Gasteiger partial charge >= 0.3 is 12.1 Å². The van der Waals surface area contributed by atoms with Crippen molar-refractivity contribution < 1.29 is 23.1 Å². The molecule has 0 radical (unpaired) electrons. The largest absolute Gasteiger partial charge is 0.480 e. The summed E-state index contributed by atoms with van der Waals surface area (Å²) in [6.07, 6.45) is -4.32. The maximum Gasteiger partial charge on any atom is 0.416 e. The predicted octanol–water partition coefficient (Wildman–Crippen LogP) is 1.80. The third-order valence-corrected chi connectivity index (χ3v) is 2.83. The molecule has 0 aromatic heterocycles. The summed E-state index contributed by atoms with van der Waals surface area (Å²) in [6.45, 7) is -0.0675. The van der Waals surface area contributed by atoms with Crippen LogP contribution in [0, 0.1) is 0 Å². The quantitative estimate of drug-likeness (QED) is 0.793. The molecule has 1 unspecified atom stereocenters. The van der Waals surface area contributed by atoms with Gasteiger partial charge in [0.1, 0.15) is 6.04 Å². The number of carboxylic acid groups (broad SMARTS) is 1. The summed E-state index contributed by atoms with van der Waals surface area (Å²) in [5, 5.41) is 11.4. The fraction of sp³-hybridized carbons (Fsp3) is 0.364. The predicted molar refractivity (Wildman–Crippen MR) is 53.4 cm³/mol. The van der Waals surface area contributed by atoms with Gasteiger partial charge in [0.25, 0.3) is 0 Å². The van der Waals surface area contributed by atoms with Crippen molar-refractivity contribution in [2.45, 2.75) is 25.2 Å². The van der Waals surface area contributed by atoms with Crippen molar-refractivity contribution in [1.82, 2.24) is 5.32 Å². The lowest BCUT2D eigenvalue weighted by Gasteiger charge is -2.25. The minimum absolute atomic E-state index is 0.0675. The zero-order chi connectivity index (χ0) is 12.6. The lowest BCUT2D eigenvalue weighted by Crippen LogP contribution is -2.42. The molecule has 6 heteroatoms. The van der Waals surface area contributed by atoms with Crippen molar-refractivity contribution in [3.8, 4) is 0 Å². The summed E-state index contributed by atoms with van der Waals surface area (Å²) in [4.78, 5) is 10.8. The van der Waals surface area contributed by atoms with Crippen molar-refractivity contribution in [3.63, 3.8) is 0 Å². The minimum Gasteiger partial charge on any atom is -0.480 e. The number of hydrogen-bond acceptors (Lipinski definition) is 2. The van der Waals surface area contributed by atoms with E-state index in [0.29, 0.717) is 5.56 Å². The van der Waals surface area contributed by atoms with Crippen LogP contribution in [-0.2, 0) is 23.9 Å². The summed E-state index contributed by atoms with van der Waals surface area (Å²) in [6, 6.07) is 3.06. The molecule has 0 aliphatic carbocycles. The second-order valence-electron chi connectivity index (χ2n) is 3.92. The van der Waals surface area contributed by atoms with Crippen molar-refractivity contribution >= 4 is 5.97 Å². The van der Waals surface area contributed by atoms with Crippen LogP contribution in [0.25, 0.3) is 0 Å². The zero-order valence-electron chi connectivity index (χ0n) is 8.71. The highest BCUT2D eigenvalue weighted by Gasteiger charge is 2.36. The lowest BCUT2D eigenvalue weighted by atomic mass is 9.92. The molecule has 2 N–H and O–H groups in total. The Bertz CT molecular complexity index is 457. The van der Waals surface area contributed by atoms with Gasteiger partial charge in [-0.15, -0.1) is 0 Å². The van der Waals surface area contributed by atoms with Crippen LogP contribution in [0.15, 0.2) is 18.2 Å². The Morgan fingerprint density at radius 3 is 2.71 bits per heavy atom. The van der Waals surface area contributed by atoms with Gasteiger partial charge in [-0.3, -0.25) is 10.1 Å². The van der Waals surface area contributed by atoms with Gasteiger partial charge < -0.3 is 5.11 Å². The van der Waals surface area contributed by atoms with Crippen LogP contribution >= 0.6 is 0 Å². The molecule has 1 atom stereocenters. The molecule has 0 amide bonds. The van der Waals surface area contributed by atoms with E-state index in [4.69, 9.17) is 5.11 Å². The summed E-state index contributed by atoms with van der Waals surface area (Å²) < 4.78 is 38.1. The Morgan fingerprint density at radius 1 is 1.41 bits per heavy atom. The maximum atomic E-state index is 12.7. The molecule has 1 aliphatic heterocycles. The summed E-state index contributed by atoms with van der Waals surface area (Å²) in [5.41, 5.74) is -0.0881. The number of carboxylic acids is 1. The topological polar surface area (TPSA) is 49.3 Å². The Labute approximate surface area is 95.3 Å². The molecule has 1 aliphatic rings. The second-order valence-corrected chi connectivity index (χ2v) is 3.92. The fourth-order valence-corrected chi connectivity index (χ4v) is 1.99. The second kappa shape index (κ2) is 4.03. The highest BCUT2D eigenvalue weighted by molar-refractivity contribution is 5.74. The van der Waals surface area contributed by atoms with Crippen molar-refractivity contribution in [1.29, 1.82) is 0 Å². The maximum absolute atomic E-state index is 12.7. The summed E-state index contributed by atoms with van der Waals surface area (Å²) in [5.74, 6) is -1.05. The van der Waals surface area contributed by atoms with Crippen molar-refractivity contribution in [3.05, 3.63) is 34.9 Å². The molecule has 0 bridgehead atoms. The highest BCUT2D eigenvalue weighted by atomic mass is 19.4. The van der Waals surface area contributed by atoms with E-state index in [9.17, 15) is 18.0 Å². The van der Waals surface area contributed by atoms with Gasteiger partial charge in [0.05, 0.1) is 5.56 Å². The molecule has 17 heavy (non-hydrogen) atoms. The Balaban J connectivity index is 2.39. The van der Waals surface area contributed by atoms with Gasteiger partial charge in [-0.05, 0) is 23.6 Å². The van der Waals surface area contributed by atoms with Gasteiger partial charge in [-0.2, -0.15) is 13.2 Å². The van der Waals surface area contributed by atoms with E-state index in [-0.39, 0.29) is 18.5 Å². The van der Waals surface area contributed by atoms with Gasteiger partial charge in [0.15, 0.2) is 0 Å². The van der Waals surface area contributed by atoms with Crippen LogP contribution in [0.1, 0.15) is 16.7 Å². The molecular weight excluding hydrogens is 235 g/mol. The Kier molecular flexibility index (Phi) is 2.82. The fourth-order valence-electron chi connectivity index (χ4n) is 1.99. The first-order valence-corrected chi connectivity index (χ1v) is 5.03.